The molecule has 2 aromatic rings. The van der Waals surface area contributed by atoms with E-state index in [1.54, 1.807) is 0 Å². The van der Waals surface area contributed by atoms with Crippen molar-refractivity contribution in [2.75, 3.05) is 0 Å². The van der Waals surface area contributed by atoms with Gasteiger partial charge in [-0.15, -0.1) is 0 Å². The molecule has 3 unspecified atom stereocenters. The van der Waals surface area contributed by atoms with Crippen molar-refractivity contribution in [3.05, 3.63) is 53.6 Å². The molecule has 0 amide bonds. The average molecular weight is 296 g/mol. The molecule has 0 aromatic heterocycles. The number of phenolic OH excluding ortho intramolecular Hbond substituents is 1. The highest BCUT2D eigenvalue weighted by molar-refractivity contribution is 5.71. The maximum atomic E-state index is 9.94. The lowest BCUT2D eigenvalue weighted by molar-refractivity contribution is 0.159. The van der Waals surface area contributed by atoms with Gasteiger partial charge in [0.25, 0.3) is 0 Å². The van der Waals surface area contributed by atoms with Gasteiger partial charge in [0.1, 0.15) is 5.75 Å². The minimum Gasteiger partial charge on any atom is -0.507 e. The predicted octanol–water partition coefficient (Wildman–Crippen LogP) is 4.45. The number of para-hydroxylation sites is 1. The van der Waals surface area contributed by atoms with Crippen LogP contribution in [0.2, 0.25) is 0 Å². The van der Waals surface area contributed by atoms with E-state index in [9.17, 15) is 5.11 Å². The maximum Gasteiger partial charge on any atom is 0.126 e. The van der Waals surface area contributed by atoms with Crippen LogP contribution in [0.5, 0.6) is 5.75 Å². The third-order valence-corrected chi connectivity index (χ3v) is 4.87. The Labute approximate surface area is 132 Å². The Morgan fingerprint density at radius 2 is 1.77 bits per heavy atom. The molecule has 0 spiro atoms. The number of aliphatic hydroxyl groups is 1. The Morgan fingerprint density at radius 1 is 1.00 bits per heavy atom. The molecule has 0 radical (unpaired) electrons. The van der Waals surface area contributed by atoms with E-state index in [1.807, 2.05) is 37.3 Å². The number of benzene rings is 2. The van der Waals surface area contributed by atoms with Crippen molar-refractivity contribution in [2.45, 2.75) is 39.2 Å². The topological polar surface area (TPSA) is 40.5 Å². The molecule has 0 saturated heterocycles. The van der Waals surface area contributed by atoms with Crippen LogP contribution in [0.4, 0.5) is 0 Å². The fourth-order valence-corrected chi connectivity index (χ4v) is 3.38. The van der Waals surface area contributed by atoms with E-state index >= 15 is 0 Å². The van der Waals surface area contributed by atoms with Crippen molar-refractivity contribution < 1.29 is 10.2 Å². The second-order valence-corrected chi connectivity index (χ2v) is 6.64. The highest BCUT2D eigenvalue weighted by atomic mass is 16.3. The number of hydrogen-bond donors (Lipinski definition) is 2. The molecule has 2 fully saturated rings. The molecular formula is C20H24O2. The number of aromatic hydroxyl groups is 1. The van der Waals surface area contributed by atoms with Gasteiger partial charge in [-0.05, 0) is 56.1 Å². The fourth-order valence-electron chi connectivity index (χ4n) is 3.38. The molecule has 0 heterocycles. The summed E-state index contributed by atoms with van der Waals surface area (Å²) in [7, 11) is 0. The smallest absolute Gasteiger partial charge is 0.126 e. The Hall–Kier alpha value is -1.80. The Morgan fingerprint density at radius 3 is 2.32 bits per heavy atom. The number of aliphatic hydroxyl groups excluding tert-OH is 1. The number of hydrogen-bond acceptors (Lipinski definition) is 2. The lowest BCUT2D eigenvalue weighted by Gasteiger charge is -2.07. The van der Waals surface area contributed by atoms with Gasteiger partial charge in [-0.1, -0.05) is 48.0 Å². The van der Waals surface area contributed by atoms with Crippen LogP contribution in [-0.2, 0) is 0 Å². The van der Waals surface area contributed by atoms with Crippen molar-refractivity contribution in [3.8, 4) is 16.9 Å². The van der Waals surface area contributed by atoms with Crippen LogP contribution in [0.3, 0.4) is 0 Å². The Bertz CT molecular complexity index is 663. The zero-order valence-corrected chi connectivity index (χ0v) is 13.3. The summed E-state index contributed by atoms with van der Waals surface area (Å²) >= 11 is 0. The summed E-state index contributed by atoms with van der Waals surface area (Å²) in [5, 5.41) is 19.0. The maximum absolute atomic E-state index is 9.94. The van der Waals surface area contributed by atoms with E-state index in [2.05, 4.69) is 19.1 Å². The van der Waals surface area contributed by atoms with Gasteiger partial charge in [-0.25, -0.2) is 0 Å². The van der Waals surface area contributed by atoms with Gasteiger partial charge in [-0.3, -0.25) is 0 Å². The first-order valence-corrected chi connectivity index (χ1v) is 8.10. The van der Waals surface area contributed by atoms with E-state index in [0.29, 0.717) is 5.75 Å². The van der Waals surface area contributed by atoms with Gasteiger partial charge in [0.2, 0.25) is 0 Å². The molecule has 116 valence electrons. The first-order valence-electron chi connectivity index (χ1n) is 8.10. The first kappa shape index (κ1) is 15.1. The molecule has 0 bridgehead atoms. The fraction of sp³-hybridized carbons (Fsp3) is 0.400. The van der Waals surface area contributed by atoms with E-state index in [4.69, 9.17) is 5.11 Å². The molecule has 2 nitrogen and oxygen atoms in total. The second-order valence-electron chi connectivity index (χ2n) is 6.64. The van der Waals surface area contributed by atoms with Crippen molar-refractivity contribution >= 4 is 0 Å². The van der Waals surface area contributed by atoms with Crippen LogP contribution in [0.25, 0.3) is 11.1 Å². The standard InChI is InChI=1S/C14H14O.C6H10O/c1-10-5-3-7-12(9-10)13-8-4-6-11(2)14(13)15;7-6-2-1-4-3-5(4)6/h3-9,15H,1-2H3;4-7H,1-3H2. The van der Waals surface area contributed by atoms with Gasteiger partial charge >= 0.3 is 0 Å². The largest absolute Gasteiger partial charge is 0.507 e. The third-order valence-electron chi connectivity index (χ3n) is 4.87. The molecule has 4 rings (SSSR count). The molecule has 2 aliphatic rings. The van der Waals surface area contributed by atoms with E-state index < -0.39 is 0 Å². The minimum atomic E-state index is 0.0880. The van der Waals surface area contributed by atoms with E-state index in [1.165, 1.54) is 18.4 Å². The van der Waals surface area contributed by atoms with Gasteiger partial charge < -0.3 is 10.2 Å². The average Bonchev–Trinajstić information content (AvgIpc) is 3.20. The van der Waals surface area contributed by atoms with Crippen LogP contribution in [0.1, 0.15) is 30.4 Å². The number of aryl methyl sites for hydroxylation is 2. The summed E-state index contributed by atoms with van der Waals surface area (Å²) in [4.78, 5) is 0. The summed E-state index contributed by atoms with van der Waals surface area (Å²) in [5.74, 6) is 2.05. The van der Waals surface area contributed by atoms with Crippen LogP contribution >= 0.6 is 0 Å². The van der Waals surface area contributed by atoms with Gasteiger partial charge in [-0.2, -0.15) is 0 Å². The Balaban J connectivity index is 0.000000169. The molecule has 0 aliphatic heterocycles. The van der Waals surface area contributed by atoms with Gasteiger partial charge in [0.15, 0.2) is 0 Å². The molecule has 2 aliphatic carbocycles. The highest BCUT2D eigenvalue weighted by Crippen LogP contribution is 2.51. The zero-order chi connectivity index (χ0) is 15.7. The SMILES string of the molecule is Cc1cccc(-c2cccc(C)c2O)c1.OC1CCC2CC12. The molecular weight excluding hydrogens is 272 g/mol. The molecule has 3 atom stereocenters. The Kier molecular flexibility index (Phi) is 4.21. The van der Waals surface area contributed by atoms with E-state index in [0.717, 1.165) is 34.9 Å². The summed E-state index contributed by atoms with van der Waals surface area (Å²) in [6, 6.07) is 14.0. The monoisotopic (exact) mass is 296 g/mol. The minimum absolute atomic E-state index is 0.0880. The molecule has 22 heavy (non-hydrogen) atoms. The first-order chi connectivity index (χ1) is 10.6. The summed E-state index contributed by atoms with van der Waals surface area (Å²) in [6.07, 6.45) is 3.78. The quantitative estimate of drug-likeness (QED) is 0.816. The molecule has 2 heteroatoms. The predicted molar refractivity (Wildman–Crippen MR) is 89.9 cm³/mol. The number of fused-ring (bicyclic) bond motifs is 1. The highest BCUT2D eigenvalue weighted by Gasteiger charge is 2.47. The summed E-state index contributed by atoms with van der Waals surface area (Å²) in [5.41, 5.74) is 4.08. The summed E-state index contributed by atoms with van der Waals surface area (Å²) in [6.45, 7) is 3.96. The zero-order valence-electron chi connectivity index (χ0n) is 13.3. The second kappa shape index (κ2) is 6.13. The van der Waals surface area contributed by atoms with Crippen molar-refractivity contribution in [3.63, 3.8) is 0 Å². The lowest BCUT2D eigenvalue weighted by Crippen LogP contribution is -2.02. The van der Waals surface area contributed by atoms with Crippen molar-refractivity contribution in [2.24, 2.45) is 11.8 Å². The number of rotatable bonds is 1. The van der Waals surface area contributed by atoms with Crippen molar-refractivity contribution in [1.82, 2.24) is 0 Å². The van der Waals surface area contributed by atoms with Gasteiger partial charge in [0, 0.05) is 5.56 Å². The van der Waals surface area contributed by atoms with Crippen LogP contribution in [0.15, 0.2) is 42.5 Å². The number of phenols is 1. The normalized spacial score (nSPS) is 25.1. The van der Waals surface area contributed by atoms with Crippen molar-refractivity contribution in [1.29, 1.82) is 0 Å². The molecule has 2 N–H and O–H groups in total. The summed E-state index contributed by atoms with van der Waals surface area (Å²) < 4.78 is 0. The van der Waals surface area contributed by atoms with Crippen LogP contribution < -0.4 is 0 Å². The lowest BCUT2D eigenvalue weighted by atomic mass is 10.0. The molecule has 2 aromatic carbocycles. The van der Waals surface area contributed by atoms with E-state index in [-0.39, 0.29) is 6.10 Å². The van der Waals surface area contributed by atoms with Crippen LogP contribution in [0, 0.1) is 25.7 Å². The van der Waals surface area contributed by atoms with Gasteiger partial charge in [0.05, 0.1) is 6.10 Å². The molecule has 2 saturated carbocycles. The third kappa shape index (κ3) is 3.17. The van der Waals surface area contributed by atoms with Crippen LogP contribution in [-0.4, -0.2) is 16.3 Å².